The van der Waals surface area contributed by atoms with Crippen LogP contribution in [0.5, 0.6) is 11.6 Å². The molecule has 3 aromatic heterocycles. The summed E-state index contributed by atoms with van der Waals surface area (Å²) in [5.41, 5.74) is 5.31. The van der Waals surface area contributed by atoms with Gasteiger partial charge in [0.15, 0.2) is 0 Å². The van der Waals surface area contributed by atoms with E-state index in [0.717, 1.165) is 49.6 Å². The number of thioether (sulfide) groups is 1. The van der Waals surface area contributed by atoms with Crippen LogP contribution in [0.1, 0.15) is 51.6 Å². The number of hydrogen-bond donors (Lipinski definition) is 1. The summed E-state index contributed by atoms with van der Waals surface area (Å²) in [5, 5.41) is 11.2. The minimum atomic E-state index is -0.952. The van der Waals surface area contributed by atoms with Crippen LogP contribution >= 0.6 is 11.8 Å². The Morgan fingerprint density at radius 1 is 0.933 bits per heavy atom. The van der Waals surface area contributed by atoms with Gasteiger partial charge in [0.2, 0.25) is 5.88 Å². The number of benzene rings is 2. The lowest BCUT2D eigenvalue weighted by Gasteiger charge is -2.24. The molecule has 0 bridgehead atoms. The third-order valence-electron chi connectivity index (χ3n) is 7.61. The van der Waals surface area contributed by atoms with Crippen LogP contribution in [0, 0.1) is 5.41 Å². The smallest absolute Gasteiger partial charge is 0.309 e. The molecule has 2 aromatic carbocycles. The molecule has 0 amide bonds. The van der Waals surface area contributed by atoms with E-state index in [4.69, 9.17) is 9.47 Å². The number of carboxylic acids is 1. The molecular weight excluding hydrogens is 582 g/mol. The number of methoxy groups -OCH3 is 1. The van der Waals surface area contributed by atoms with Gasteiger partial charge in [0, 0.05) is 75.3 Å². The lowest BCUT2D eigenvalue weighted by atomic mass is 9.88. The van der Waals surface area contributed by atoms with Gasteiger partial charge in [-0.15, -0.1) is 11.8 Å². The van der Waals surface area contributed by atoms with Crippen LogP contribution < -0.4 is 9.47 Å². The summed E-state index contributed by atoms with van der Waals surface area (Å²) in [5.74, 6) is 0.548. The van der Waals surface area contributed by atoms with E-state index in [1.165, 1.54) is 0 Å². The molecule has 0 saturated carbocycles. The van der Waals surface area contributed by atoms with E-state index >= 15 is 0 Å². The van der Waals surface area contributed by atoms with Crippen molar-refractivity contribution in [1.29, 1.82) is 0 Å². The highest BCUT2D eigenvalue weighted by Crippen LogP contribution is 2.44. The van der Waals surface area contributed by atoms with E-state index in [0.29, 0.717) is 31.9 Å². The second-order valence-corrected chi connectivity index (χ2v) is 14.7. The molecule has 0 aliphatic heterocycles. The number of carbonyl (C=O) groups is 1. The average molecular weight is 624 g/mol. The van der Waals surface area contributed by atoms with Crippen LogP contribution in [-0.4, -0.2) is 44.1 Å². The number of rotatable bonds is 12. The summed E-state index contributed by atoms with van der Waals surface area (Å²) in [4.78, 5) is 22.2. The third-order valence-corrected chi connectivity index (χ3v) is 8.89. The number of hydrogen-bond acceptors (Lipinski definition) is 6. The second-order valence-electron chi connectivity index (χ2n) is 12.8. The van der Waals surface area contributed by atoms with Crippen LogP contribution in [0.15, 0.2) is 90.1 Å². The Kier molecular flexibility index (Phi) is 9.53. The van der Waals surface area contributed by atoms with Crippen LogP contribution in [0.4, 0.5) is 0 Å². The quantitative estimate of drug-likeness (QED) is 0.140. The first kappa shape index (κ1) is 32.1. The molecule has 0 fully saturated rings. The Hall–Kier alpha value is -4.30. The molecule has 0 atom stereocenters. The number of aliphatic carboxylic acids is 1. The van der Waals surface area contributed by atoms with Gasteiger partial charge in [-0.25, -0.2) is 4.98 Å². The van der Waals surface area contributed by atoms with Crippen LogP contribution in [0.2, 0.25) is 0 Å². The zero-order chi connectivity index (χ0) is 32.2. The van der Waals surface area contributed by atoms with Gasteiger partial charge in [0.1, 0.15) is 5.75 Å². The van der Waals surface area contributed by atoms with Gasteiger partial charge < -0.3 is 19.1 Å². The number of carboxylic acid groups (broad SMARTS) is 1. The zero-order valence-corrected chi connectivity index (χ0v) is 27.6. The van der Waals surface area contributed by atoms with E-state index in [1.54, 1.807) is 38.9 Å². The summed E-state index contributed by atoms with van der Waals surface area (Å²) in [7, 11) is 1.61. The number of nitrogens with zero attached hydrogens (tertiary/aromatic N) is 3. The highest BCUT2D eigenvalue weighted by Gasteiger charge is 2.33. The molecule has 0 aliphatic carbocycles. The van der Waals surface area contributed by atoms with Crippen LogP contribution in [-0.2, 0) is 24.2 Å². The predicted octanol–water partition coefficient (Wildman–Crippen LogP) is 8.32. The first-order chi connectivity index (χ1) is 21.4. The standard InChI is InChI=1S/C37H41N3O4S/c1-36(2,3)45-34-30-21-29(44-20-18-28-9-7-8-19-38-28)15-16-31(30)40(32(34)22-37(4,5)35(41)42)24-25-10-12-26(13-11-25)27-14-17-33(43-6)39-23-27/h7-17,19,21,23H,18,20,22,24H2,1-6H3,(H,41,42). The van der Waals surface area contributed by atoms with E-state index in [1.807, 2.05) is 42.6 Å². The first-order valence-corrected chi connectivity index (χ1v) is 15.9. The molecule has 0 unspecified atom stereocenters. The molecule has 0 spiro atoms. The highest BCUT2D eigenvalue weighted by molar-refractivity contribution is 8.00. The summed E-state index contributed by atoms with van der Waals surface area (Å²) in [6.07, 6.45) is 4.71. The predicted molar refractivity (Wildman–Crippen MR) is 181 cm³/mol. The van der Waals surface area contributed by atoms with E-state index < -0.39 is 11.4 Å². The maximum atomic E-state index is 12.4. The summed E-state index contributed by atoms with van der Waals surface area (Å²) < 4.78 is 13.6. The molecule has 0 aliphatic rings. The molecule has 0 saturated heterocycles. The molecule has 1 N–H and O–H groups in total. The Morgan fingerprint density at radius 2 is 1.69 bits per heavy atom. The molecule has 7 nitrogen and oxygen atoms in total. The van der Waals surface area contributed by atoms with Crippen molar-refractivity contribution in [3.63, 3.8) is 0 Å². The van der Waals surface area contributed by atoms with Gasteiger partial charge in [0.05, 0.1) is 19.1 Å². The first-order valence-electron chi connectivity index (χ1n) is 15.1. The molecular formula is C37H41N3O4S. The van der Waals surface area contributed by atoms with Crippen molar-refractivity contribution < 1.29 is 19.4 Å². The van der Waals surface area contributed by atoms with Crippen molar-refractivity contribution in [2.45, 2.75) is 63.6 Å². The lowest BCUT2D eigenvalue weighted by Crippen LogP contribution is -2.28. The third kappa shape index (κ3) is 7.87. The van der Waals surface area contributed by atoms with Gasteiger partial charge in [-0.3, -0.25) is 9.78 Å². The summed E-state index contributed by atoms with van der Waals surface area (Å²) in [6.45, 7) is 11.3. The lowest BCUT2D eigenvalue weighted by molar-refractivity contribution is -0.146. The van der Waals surface area contributed by atoms with Gasteiger partial charge in [0.25, 0.3) is 0 Å². The Bertz CT molecular complexity index is 1760. The number of fused-ring (bicyclic) bond motifs is 1. The largest absolute Gasteiger partial charge is 0.493 e. The van der Waals surface area contributed by atoms with Crippen molar-refractivity contribution >= 4 is 28.6 Å². The minimum absolute atomic E-state index is 0.0921. The summed E-state index contributed by atoms with van der Waals surface area (Å²) >= 11 is 1.78. The fraction of sp³-hybridized carbons (Fsp3) is 0.324. The van der Waals surface area contributed by atoms with Crippen molar-refractivity contribution in [2.75, 3.05) is 13.7 Å². The molecule has 5 rings (SSSR count). The molecule has 45 heavy (non-hydrogen) atoms. The van der Waals surface area contributed by atoms with Crippen LogP contribution in [0.3, 0.4) is 0 Å². The van der Waals surface area contributed by atoms with Crippen molar-refractivity contribution in [2.24, 2.45) is 5.41 Å². The number of pyridine rings is 2. The highest BCUT2D eigenvalue weighted by atomic mass is 32.2. The van der Waals surface area contributed by atoms with E-state index in [2.05, 4.69) is 71.7 Å². The monoisotopic (exact) mass is 623 g/mol. The van der Waals surface area contributed by atoms with Gasteiger partial charge in [-0.2, -0.15) is 0 Å². The Labute approximate surface area is 269 Å². The molecule has 0 radical (unpaired) electrons. The van der Waals surface area contributed by atoms with Crippen LogP contribution in [0.25, 0.3) is 22.0 Å². The Balaban J connectivity index is 1.53. The van der Waals surface area contributed by atoms with Gasteiger partial charge in [-0.1, -0.05) is 51.1 Å². The van der Waals surface area contributed by atoms with Gasteiger partial charge in [-0.05, 0) is 61.4 Å². The van der Waals surface area contributed by atoms with E-state index in [9.17, 15) is 9.90 Å². The molecule has 5 aromatic rings. The van der Waals surface area contributed by atoms with Crippen molar-refractivity contribution in [1.82, 2.24) is 14.5 Å². The van der Waals surface area contributed by atoms with Crippen molar-refractivity contribution in [3.05, 3.63) is 102 Å². The fourth-order valence-electron chi connectivity index (χ4n) is 5.19. The van der Waals surface area contributed by atoms with Gasteiger partial charge >= 0.3 is 5.97 Å². The normalized spacial score (nSPS) is 12.0. The molecule has 8 heteroatoms. The maximum Gasteiger partial charge on any atom is 0.309 e. The number of aromatic nitrogens is 3. The minimum Gasteiger partial charge on any atom is -0.493 e. The molecule has 3 heterocycles. The average Bonchev–Trinajstić information content (AvgIpc) is 3.27. The zero-order valence-electron chi connectivity index (χ0n) is 26.8. The Morgan fingerprint density at radius 3 is 2.31 bits per heavy atom. The second kappa shape index (κ2) is 13.4. The number of ether oxygens (including phenoxy) is 2. The molecule has 234 valence electrons. The topological polar surface area (TPSA) is 86.5 Å². The fourth-order valence-corrected chi connectivity index (χ4v) is 6.38. The summed E-state index contributed by atoms with van der Waals surface area (Å²) in [6, 6.07) is 24.4. The maximum absolute atomic E-state index is 12.4. The van der Waals surface area contributed by atoms with Crippen molar-refractivity contribution in [3.8, 4) is 22.8 Å². The van der Waals surface area contributed by atoms with E-state index in [-0.39, 0.29) is 4.75 Å². The SMILES string of the molecule is COc1ccc(-c2ccc(Cn3c(CC(C)(C)C(=O)O)c(SC(C)(C)C)c4cc(OCCc5ccccn5)ccc43)cc2)cn1.